The van der Waals surface area contributed by atoms with E-state index in [0.29, 0.717) is 5.88 Å². The van der Waals surface area contributed by atoms with Gasteiger partial charge in [-0.05, 0) is 31.5 Å². The van der Waals surface area contributed by atoms with Crippen molar-refractivity contribution < 1.29 is 4.74 Å². The summed E-state index contributed by atoms with van der Waals surface area (Å²) in [6.45, 7) is 4.95. The molecule has 5 heteroatoms. The number of nitrogens with zero attached hydrogens (tertiary/aromatic N) is 2. The van der Waals surface area contributed by atoms with E-state index in [1.54, 1.807) is 0 Å². The molecule has 1 N–H and O–H groups in total. The van der Waals surface area contributed by atoms with Crippen LogP contribution in [0.4, 0.5) is 5.82 Å². The number of benzene rings is 1. The third-order valence-electron chi connectivity index (χ3n) is 2.59. The van der Waals surface area contributed by atoms with Crippen LogP contribution in [0.3, 0.4) is 0 Å². The van der Waals surface area contributed by atoms with Gasteiger partial charge >= 0.3 is 0 Å². The molecule has 0 spiro atoms. The highest BCUT2D eigenvalue weighted by atomic mass is 79.9. The van der Waals surface area contributed by atoms with Gasteiger partial charge in [0.25, 0.3) is 0 Å². The summed E-state index contributed by atoms with van der Waals surface area (Å²) in [7, 11) is 0. The lowest BCUT2D eigenvalue weighted by molar-refractivity contribution is 0.457. The minimum atomic E-state index is 0.576. The molecule has 0 aliphatic rings. The van der Waals surface area contributed by atoms with Gasteiger partial charge in [0.2, 0.25) is 5.88 Å². The van der Waals surface area contributed by atoms with Crippen LogP contribution in [0.2, 0.25) is 0 Å². The second-order valence-electron chi connectivity index (χ2n) is 4.14. The lowest BCUT2D eigenvalue weighted by Crippen LogP contribution is -2.05. The van der Waals surface area contributed by atoms with Crippen LogP contribution in [0.1, 0.15) is 18.9 Å². The fourth-order valence-corrected chi connectivity index (χ4v) is 1.98. The zero-order valence-electron chi connectivity index (χ0n) is 11.0. The van der Waals surface area contributed by atoms with Crippen molar-refractivity contribution in [3.05, 3.63) is 40.6 Å². The Morgan fingerprint density at radius 3 is 2.89 bits per heavy atom. The lowest BCUT2D eigenvalue weighted by atomic mass is 10.3. The summed E-state index contributed by atoms with van der Waals surface area (Å²) in [5.74, 6) is 2.14. The van der Waals surface area contributed by atoms with Crippen molar-refractivity contribution in [2.75, 3.05) is 11.9 Å². The smallest absolute Gasteiger partial charge is 0.227 e. The van der Waals surface area contributed by atoms with E-state index in [1.807, 2.05) is 31.2 Å². The molecular formula is C14H16BrN3O. The standard InChI is InChI=1S/C14H16BrN3O/c1-3-7-16-13-10(2)14(18-9-17-13)19-12-6-4-5-11(15)8-12/h4-6,8-9H,3,7H2,1-2H3,(H,16,17,18). The first-order valence-electron chi connectivity index (χ1n) is 6.19. The van der Waals surface area contributed by atoms with Gasteiger partial charge in [-0.15, -0.1) is 0 Å². The summed E-state index contributed by atoms with van der Waals surface area (Å²) in [4.78, 5) is 8.41. The van der Waals surface area contributed by atoms with E-state index in [4.69, 9.17) is 4.74 Å². The van der Waals surface area contributed by atoms with Gasteiger partial charge in [-0.25, -0.2) is 9.97 Å². The Bertz CT molecular complexity index is 560. The van der Waals surface area contributed by atoms with Gasteiger partial charge in [-0.2, -0.15) is 0 Å². The number of hydrogen-bond donors (Lipinski definition) is 1. The van der Waals surface area contributed by atoms with Crippen LogP contribution in [0.15, 0.2) is 35.1 Å². The van der Waals surface area contributed by atoms with E-state index in [0.717, 1.165) is 34.6 Å². The molecule has 1 heterocycles. The third kappa shape index (κ3) is 3.67. The van der Waals surface area contributed by atoms with Gasteiger partial charge in [0.05, 0.1) is 5.56 Å². The van der Waals surface area contributed by atoms with Gasteiger partial charge in [0.1, 0.15) is 17.9 Å². The zero-order valence-corrected chi connectivity index (χ0v) is 12.6. The Balaban J connectivity index is 2.20. The van der Waals surface area contributed by atoms with Crippen LogP contribution in [0.5, 0.6) is 11.6 Å². The van der Waals surface area contributed by atoms with Gasteiger partial charge < -0.3 is 10.1 Å². The molecule has 4 nitrogen and oxygen atoms in total. The molecule has 0 fully saturated rings. The fraction of sp³-hybridized carbons (Fsp3) is 0.286. The summed E-state index contributed by atoms with van der Waals surface area (Å²) < 4.78 is 6.76. The Morgan fingerprint density at radius 1 is 1.32 bits per heavy atom. The summed E-state index contributed by atoms with van der Waals surface area (Å²) in [6.07, 6.45) is 2.56. The maximum absolute atomic E-state index is 5.79. The van der Waals surface area contributed by atoms with Crippen LogP contribution in [0, 0.1) is 6.92 Å². The number of nitrogens with one attached hydrogen (secondary N) is 1. The Labute approximate surface area is 121 Å². The summed E-state index contributed by atoms with van der Waals surface area (Å²) in [5.41, 5.74) is 0.913. The van der Waals surface area contributed by atoms with E-state index >= 15 is 0 Å². The highest BCUT2D eigenvalue weighted by Crippen LogP contribution is 2.27. The zero-order chi connectivity index (χ0) is 13.7. The Morgan fingerprint density at radius 2 is 2.16 bits per heavy atom. The number of hydrogen-bond acceptors (Lipinski definition) is 4. The van der Waals surface area contributed by atoms with Crippen molar-refractivity contribution in [2.24, 2.45) is 0 Å². The van der Waals surface area contributed by atoms with Gasteiger partial charge in [0.15, 0.2) is 0 Å². The molecule has 19 heavy (non-hydrogen) atoms. The van der Waals surface area contributed by atoms with Crippen LogP contribution in [-0.2, 0) is 0 Å². The molecule has 0 radical (unpaired) electrons. The first kappa shape index (κ1) is 13.8. The predicted octanol–water partition coefficient (Wildman–Crippen LogP) is 4.16. The van der Waals surface area contributed by atoms with Gasteiger partial charge in [-0.3, -0.25) is 0 Å². The molecule has 0 bridgehead atoms. The number of aromatic nitrogens is 2. The minimum Gasteiger partial charge on any atom is -0.439 e. The van der Waals surface area contributed by atoms with Crippen LogP contribution >= 0.6 is 15.9 Å². The summed E-state index contributed by atoms with van der Waals surface area (Å²) in [6, 6.07) is 7.67. The average molecular weight is 322 g/mol. The van der Waals surface area contributed by atoms with E-state index < -0.39 is 0 Å². The molecule has 0 aliphatic heterocycles. The number of ether oxygens (including phenoxy) is 1. The van der Waals surface area contributed by atoms with Gasteiger partial charge in [-0.1, -0.05) is 28.9 Å². The number of anilines is 1. The first-order valence-corrected chi connectivity index (χ1v) is 6.99. The number of halogens is 1. The molecule has 0 amide bonds. The van der Waals surface area contributed by atoms with Gasteiger partial charge in [0, 0.05) is 11.0 Å². The molecule has 0 atom stereocenters. The maximum atomic E-state index is 5.79. The van der Waals surface area contributed by atoms with E-state index in [1.165, 1.54) is 6.33 Å². The first-order chi connectivity index (χ1) is 9.20. The Kier molecular flexibility index (Phi) is 4.74. The van der Waals surface area contributed by atoms with E-state index in [9.17, 15) is 0 Å². The predicted molar refractivity (Wildman–Crippen MR) is 79.8 cm³/mol. The van der Waals surface area contributed by atoms with Crippen LogP contribution in [-0.4, -0.2) is 16.5 Å². The average Bonchev–Trinajstić information content (AvgIpc) is 2.40. The Hall–Kier alpha value is -1.62. The molecule has 2 aromatic rings. The van der Waals surface area contributed by atoms with Crippen molar-refractivity contribution >= 4 is 21.7 Å². The molecule has 2 rings (SSSR count). The topological polar surface area (TPSA) is 47.0 Å². The minimum absolute atomic E-state index is 0.576. The second kappa shape index (κ2) is 6.52. The quantitative estimate of drug-likeness (QED) is 0.898. The van der Waals surface area contributed by atoms with Crippen molar-refractivity contribution in [3.8, 4) is 11.6 Å². The van der Waals surface area contributed by atoms with Crippen molar-refractivity contribution in [1.82, 2.24) is 9.97 Å². The van der Waals surface area contributed by atoms with Crippen molar-refractivity contribution in [1.29, 1.82) is 0 Å². The molecule has 0 saturated heterocycles. The van der Waals surface area contributed by atoms with Crippen LogP contribution in [0.25, 0.3) is 0 Å². The molecule has 0 unspecified atom stereocenters. The summed E-state index contributed by atoms with van der Waals surface area (Å²) in [5, 5.41) is 3.26. The molecule has 1 aromatic carbocycles. The molecule has 1 aromatic heterocycles. The molecule has 0 saturated carbocycles. The highest BCUT2D eigenvalue weighted by molar-refractivity contribution is 9.10. The fourth-order valence-electron chi connectivity index (χ4n) is 1.60. The summed E-state index contributed by atoms with van der Waals surface area (Å²) >= 11 is 3.42. The maximum Gasteiger partial charge on any atom is 0.227 e. The van der Waals surface area contributed by atoms with E-state index in [2.05, 4.69) is 38.1 Å². The van der Waals surface area contributed by atoms with Crippen molar-refractivity contribution in [3.63, 3.8) is 0 Å². The van der Waals surface area contributed by atoms with Crippen molar-refractivity contribution in [2.45, 2.75) is 20.3 Å². The van der Waals surface area contributed by atoms with E-state index in [-0.39, 0.29) is 0 Å². The lowest BCUT2D eigenvalue weighted by Gasteiger charge is -2.11. The third-order valence-corrected chi connectivity index (χ3v) is 3.08. The SMILES string of the molecule is CCCNc1ncnc(Oc2cccc(Br)c2)c1C. The monoisotopic (exact) mass is 321 g/mol. The molecule has 100 valence electrons. The normalized spacial score (nSPS) is 10.3. The second-order valence-corrected chi connectivity index (χ2v) is 5.05. The highest BCUT2D eigenvalue weighted by Gasteiger charge is 2.08. The largest absolute Gasteiger partial charge is 0.439 e. The number of rotatable bonds is 5. The molecule has 0 aliphatic carbocycles. The molecular weight excluding hydrogens is 306 g/mol. The van der Waals surface area contributed by atoms with Crippen LogP contribution < -0.4 is 10.1 Å².